The number of rotatable bonds is 3. The van der Waals surface area contributed by atoms with Crippen molar-refractivity contribution in [3.63, 3.8) is 0 Å². The largest absolute Gasteiger partial charge is 0.375 e. The second-order valence-corrected chi connectivity index (χ2v) is 4.83. The van der Waals surface area contributed by atoms with Crippen LogP contribution in [-0.2, 0) is 11.2 Å². The second kappa shape index (κ2) is 3.58. The number of nitrogens with one attached hydrogen (secondary N) is 1. The molecule has 1 aromatic rings. The minimum absolute atomic E-state index is 0.0220. The second-order valence-electron chi connectivity index (χ2n) is 3.40. The van der Waals surface area contributed by atoms with Gasteiger partial charge in [-0.05, 0) is 6.07 Å². The zero-order valence-corrected chi connectivity index (χ0v) is 9.04. The molecule has 72 valence electrons. The minimum atomic E-state index is 0.0220. The normalized spacial score (nSPS) is 19.8. The van der Waals surface area contributed by atoms with Crippen molar-refractivity contribution in [1.29, 1.82) is 0 Å². The van der Waals surface area contributed by atoms with Crippen LogP contribution in [0.25, 0.3) is 0 Å². The Kier molecular flexibility index (Phi) is 2.60. The average Bonchev–Trinajstić information content (AvgIpc) is 2.44. The molecule has 0 unspecified atom stereocenters. The van der Waals surface area contributed by atoms with E-state index in [9.17, 15) is 0 Å². The molecule has 0 bridgehead atoms. The highest BCUT2D eigenvalue weighted by Gasteiger charge is 2.37. The number of methoxy groups -OCH3 is 1. The van der Waals surface area contributed by atoms with Gasteiger partial charge in [0, 0.05) is 36.9 Å². The fraction of sp³-hybridized carbons (Fsp3) is 0.556. The SMILES string of the molecule is COC1(Cc2cc(Cl)cs2)CNC1. The molecule has 4 heteroatoms. The summed E-state index contributed by atoms with van der Waals surface area (Å²) >= 11 is 7.55. The summed E-state index contributed by atoms with van der Waals surface area (Å²) in [4.78, 5) is 1.30. The number of hydrogen-bond acceptors (Lipinski definition) is 3. The van der Waals surface area contributed by atoms with Gasteiger partial charge in [0.15, 0.2) is 0 Å². The number of thiophene rings is 1. The highest BCUT2D eigenvalue weighted by atomic mass is 35.5. The predicted molar refractivity (Wildman–Crippen MR) is 55.6 cm³/mol. The molecule has 0 amide bonds. The van der Waals surface area contributed by atoms with Crippen molar-refractivity contribution in [3.8, 4) is 0 Å². The Labute approximate surface area is 86.9 Å². The van der Waals surface area contributed by atoms with Gasteiger partial charge in [-0.15, -0.1) is 11.3 Å². The summed E-state index contributed by atoms with van der Waals surface area (Å²) in [5, 5.41) is 6.02. The van der Waals surface area contributed by atoms with E-state index in [1.165, 1.54) is 4.88 Å². The smallest absolute Gasteiger partial charge is 0.0973 e. The molecule has 2 nitrogen and oxygen atoms in total. The van der Waals surface area contributed by atoms with E-state index in [0.717, 1.165) is 24.5 Å². The van der Waals surface area contributed by atoms with Gasteiger partial charge in [0.1, 0.15) is 0 Å². The third-order valence-corrected chi connectivity index (χ3v) is 3.73. The fourth-order valence-corrected chi connectivity index (χ4v) is 2.71. The van der Waals surface area contributed by atoms with Crippen LogP contribution in [0.2, 0.25) is 5.02 Å². The Morgan fingerprint density at radius 1 is 1.69 bits per heavy atom. The summed E-state index contributed by atoms with van der Waals surface area (Å²) in [6.07, 6.45) is 0.966. The molecule has 2 rings (SSSR count). The van der Waals surface area contributed by atoms with Crippen LogP contribution in [0.3, 0.4) is 0 Å². The zero-order valence-electron chi connectivity index (χ0n) is 7.47. The van der Waals surface area contributed by atoms with Crippen LogP contribution < -0.4 is 5.32 Å². The average molecular weight is 218 g/mol. The van der Waals surface area contributed by atoms with E-state index in [-0.39, 0.29) is 5.60 Å². The van der Waals surface area contributed by atoms with Gasteiger partial charge < -0.3 is 10.1 Å². The molecule has 1 saturated heterocycles. The van der Waals surface area contributed by atoms with E-state index >= 15 is 0 Å². The summed E-state index contributed by atoms with van der Waals surface area (Å²) < 4.78 is 5.49. The van der Waals surface area contributed by atoms with Crippen LogP contribution in [0.5, 0.6) is 0 Å². The Balaban J connectivity index is 2.04. The number of halogens is 1. The van der Waals surface area contributed by atoms with Gasteiger partial charge in [0.05, 0.1) is 10.6 Å². The van der Waals surface area contributed by atoms with Crippen molar-refractivity contribution >= 4 is 22.9 Å². The van der Waals surface area contributed by atoms with Crippen molar-refractivity contribution < 1.29 is 4.74 Å². The van der Waals surface area contributed by atoms with E-state index in [1.54, 1.807) is 18.4 Å². The molecular weight excluding hydrogens is 206 g/mol. The first-order chi connectivity index (χ1) is 6.24. The van der Waals surface area contributed by atoms with Crippen LogP contribution in [0.1, 0.15) is 4.88 Å². The van der Waals surface area contributed by atoms with Crippen molar-refractivity contribution in [1.82, 2.24) is 5.32 Å². The molecule has 1 aliphatic heterocycles. The molecule has 0 saturated carbocycles. The van der Waals surface area contributed by atoms with Crippen molar-refractivity contribution in [2.75, 3.05) is 20.2 Å². The maximum Gasteiger partial charge on any atom is 0.0973 e. The summed E-state index contributed by atoms with van der Waals surface area (Å²) in [7, 11) is 1.77. The molecular formula is C9H12ClNOS. The maximum atomic E-state index is 5.85. The zero-order chi connectivity index (χ0) is 9.31. The molecule has 1 aliphatic rings. The standard InChI is InChI=1S/C9H12ClNOS/c1-12-9(5-11-6-9)3-8-2-7(10)4-13-8/h2,4,11H,3,5-6H2,1H3. The van der Waals surface area contributed by atoms with Crippen LogP contribution >= 0.6 is 22.9 Å². The molecule has 0 atom stereocenters. The van der Waals surface area contributed by atoms with Gasteiger partial charge in [0.2, 0.25) is 0 Å². The summed E-state index contributed by atoms with van der Waals surface area (Å²) in [5.41, 5.74) is 0.0220. The van der Waals surface area contributed by atoms with E-state index in [2.05, 4.69) is 5.32 Å². The van der Waals surface area contributed by atoms with Gasteiger partial charge in [-0.25, -0.2) is 0 Å². The van der Waals surface area contributed by atoms with Crippen molar-refractivity contribution in [2.24, 2.45) is 0 Å². The lowest BCUT2D eigenvalue weighted by Gasteiger charge is -2.41. The number of ether oxygens (including phenoxy) is 1. The number of hydrogen-bond donors (Lipinski definition) is 1. The van der Waals surface area contributed by atoms with Gasteiger partial charge in [-0.2, -0.15) is 0 Å². The van der Waals surface area contributed by atoms with Gasteiger partial charge >= 0.3 is 0 Å². The molecule has 0 aliphatic carbocycles. The molecule has 2 heterocycles. The third kappa shape index (κ3) is 1.89. The monoisotopic (exact) mass is 217 g/mol. The van der Waals surface area contributed by atoms with Gasteiger partial charge in [-0.1, -0.05) is 11.6 Å². The summed E-state index contributed by atoms with van der Waals surface area (Å²) in [6.45, 7) is 1.89. The van der Waals surface area contributed by atoms with Crippen LogP contribution in [0.15, 0.2) is 11.4 Å². The topological polar surface area (TPSA) is 21.3 Å². The minimum Gasteiger partial charge on any atom is -0.375 e. The Hall–Kier alpha value is -0.0900. The lowest BCUT2D eigenvalue weighted by atomic mass is 9.92. The van der Waals surface area contributed by atoms with E-state index < -0.39 is 0 Å². The summed E-state index contributed by atoms with van der Waals surface area (Å²) in [6, 6.07) is 2.02. The molecule has 13 heavy (non-hydrogen) atoms. The third-order valence-electron chi connectivity index (χ3n) is 2.45. The molecule has 1 N–H and O–H groups in total. The first kappa shape index (κ1) is 9.46. The Bertz CT molecular complexity index is 290. The predicted octanol–water partition coefficient (Wildman–Crippen LogP) is 1.93. The lowest BCUT2D eigenvalue weighted by Crippen LogP contribution is -2.61. The first-order valence-corrected chi connectivity index (χ1v) is 5.49. The quantitative estimate of drug-likeness (QED) is 0.836. The lowest BCUT2D eigenvalue weighted by molar-refractivity contribution is -0.0496. The molecule has 1 fully saturated rings. The van der Waals surface area contributed by atoms with Gasteiger partial charge in [0.25, 0.3) is 0 Å². The van der Waals surface area contributed by atoms with Crippen molar-refractivity contribution in [2.45, 2.75) is 12.0 Å². The van der Waals surface area contributed by atoms with Crippen LogP contribution in [-0.4, -0.2) is 25.8 Å². The highest BCUT2D eigenvalue weighted by molar-refractivity contribution is 7.10. The van der Waals surface area contributed by atoms with E-state index in [0.29, 0.717) is 0 Å². The Morgan fingerprint density at radius 3 is 2.85 bits per heavy atom. The molecule has 0 aromatic carbocycles. The molecule has 1 aromatic heterocycles. The summed E-state index contributed by atoms with van der Waals surface area (Å²) in [5.74, 6) is 0. The van der Waals surface area contributed by atoms with Crippen LogP contribution in [0.4, 0.5) is 0 Å². The Morgan fingerprint density at radius 2 is 2.46 bits per heavy atom. The fourth-order valence-electron chi connectivity index (χ4n) is 1.51. The first-order valence-electron chi connectivity index (χ1n) is 4.23. The van der Waals surface area contributed by atoms with E-state index in [4.69, 9.17) is 16.3 Å². The molecule has 0 radical (unpaired) electrons. The highest BCUT2D eigenvalue weighted by Crippen LogP contribution is 2.27. The molecule has 0 spiro atoms. The maximum absolute atomic E-state index is 5.85. The van der Waals surface area contributed by atoms with Crippen LogP contribution in [0, 0.1) is 0 Å². The van der Waals surface area contributed by atoms with Crippen molar-refractivity contribution in [3.05, 3.63) is 21.3 Å². The van der Waals surface area contributed by atoms with Gasteiger partial charge in [-0.3, -0.25) is 0 Å². The van der Waals surface area contributed by atoms with E-state index in [1.807, 2.05) is 11.4 Å².